The molecule has 27 heavy (non-hydrogen) atoms. The lowest BCUT2D eigenvalue weighted by molar-refractivity contribution is -0.135. The molecular weight excluding hydrogens is 352 g/mol. The van der Waals surface area contributed by atoms with E-state index in [0.717, 1.165) is 11.1 Å². The number of carbonyl (C=O) groups excluding carboxylic acids is 1. The number of hydrogen-bond acceptors (Lipinski definition) is 7. The molecule has 0 N–H and O–H groups in total. The van der Waals surface area contributed by atoms with Crippen molar-refractivity contribution < 1.29 is 33.2 Å². The van der Waals surface area contributed by atoms with Gasteiger partial charge in [0.2, 0.25) is 0 Å². The molecule has 0 saturated heterocycles. The van der Waals surface area contributed by atoms with Crippen molar-refractivity contribution in [3.8, 4) is 5.75 Å². The molecule has 0 aliphatic heterocycles. The molecule has 1 aromatic rings. The van der Waals surface area contributed by atoms with Gasteiger partial charge in [-0.1, -0.05) is 17.7 Å². The largest absolute Gasteiger partial charge is 0.426 e. The molecule has 0 unspecified atom stereocenters. The highest BCUT2D eigenvalue weighted by Crippen LogP contribution is 2.19. The van der Waals surface area contributed by atoms with Crippen molar-refractivity contribution in [2.45, 2.75) is 20.3 Å². The average molecular weight is 384 g/mol. The zero-order valence-corrected chi connectivity index (χ0v) is 16.7. The van der Waals surface area contributed by atoms with E-state index in [1.807, 2.05) is 32.0 Å². The van der Waals surface area contributed by atoms with Crippen molar-refractivity contribution >= 4 is 5.97 Å². The lowest BCUT2D eigenvalue weighted by Crippen LogP contribution is -2.15. The SMILES string of the molecule is COCCOCCOCCOCCOCCC(=O)Oc1ccc(C)cc1C. The van der Waals surface area contributed by atoms with Crippen molar-refractivity contribution in [1.29, 1.82) is 0 Å². The molecule has 0 radical (unpaired) electrons. The zero-order chi connectivity index (χ0) is 19.7. The molecule has 0 aliphatic carbocycles. The summed E-state index contributed by atoms with van der Waals surface area (Å²) in [6, 6.07) is 5.71. The molecule has 0 heterocycles. The minimum Gasteiger partial charge on any atom is -0.426 e. The highest BCUT2D eigenvalue weighted by atomic mass is 16.6. The van der Waals surface area contributed by atoms with Crippen LogP contribution in [0.4, 0.5) is 0 Å². The summed E-state index contributed by atoms with van der Waals surface area (Å²) in [4.78, 5) is 11.8. The van der Waals surface area contributed by atoms with Gasteiger partial charge in [-0.2, -0.15) is 0 Å². The Labute approximate surface area is 161 Å². The number of aryl methyl sites for hydroxylation is 2. The lowest BCUT2D eigenvalue weighted by Gasteiger charge is -2.09. The van der Waals surface area contributed by atoms with E-state index in [1.165, 1.54) is 0 Å². The third-order valence-corrected chi connectivity index (χ3v) is 3.55. The summed E-state index contributed by atoms with van der Waals surface area (Å²) in [5, 5.41) is 0. The van der Waals surface area contributed by atoms with Gasteiger partial charge in [0.05, 0.1) is 65.9 Å². The second kappa shape index (κ2) is 15.5. The Hall–Kier alpha value is -1.51. The summed E-state index contributed by atoms with van der Waals surface area (Å²) in [7, 11) is 1.64. The zero-order valence-electron chi connectivity index (χ0n) is 16.7. The van der Waals surface area contributed by atoms with E-state index in [4.69, 9.17) is 28.4 Å². The van der Waals surface area contributed by atoms with E-state index in [0.29, 0.717) is 65.2 Å². The molecule has 0 saturated carbocycles. The van der Waals surface area contributed by atoms with Crippen LogP contribution in [-0.4, -0.2) is 72.5 Å². The first-order chi connectivity index (χ1) is 13.1. The van der Waals surface area contributed by atoms with Crippen molar-refractivity contribution in [3.05, 3.63) is 29.3 Å². The third-order valence-electron chi connectivity index (χ3n) is 3.55. The molecule has 7 heteroatoms. The molecule has 0 aromatic heterocycles. The lowest BCUT2D eigenvalue weighted by atomic mass is 10.1. The van der Waals surface area contributed by atoms with E-state index >= 15 is 0 Å². The normalized spacial score (nSPS) is 10.9. The summed E-state index contributed by atoms with van der Waals surface area (Å²) in [5.74, 6) is 0.294. The van der Waals surface area contributed by atoms with E-state index in [2.05, 4.69) is 0 Å². The van der Waals surface area contributed by atoms with E-state index in [-0.39, 0.29) is 12.4 Å². The first-order valence-electron chi connectivity index (χ1n) is 9.21. The average Bonchev–Trinajstić information content (AvgIpc) is 2.64. The van der Waals surface area contributed by atoms with E-state index < -0.39 is 0 Å². The van der Waals surface area contributed by atoms with Gasteiger partial charge >= 0.3 is 5.97 Å². The van der Waals surface area contributed by atoms with E-state index in [9.17, 15) is 4.79 Å². The summed E-state index contributed by atoms with van der Waals surface area (Å²) >= 11 is 0. The van der Waals surface area contributed by atoms with Crippen LogP contribution >= 0.6 is 0 Å². The third kappa shape index (κ3) is 12.5. The number of carbonyl (C=O) groups is 1. The van der Waals surface area contributed by atoms with Gasteiger partial charge < -0.3 is 28.4 Å². The van der Waals surface area contributed by atoms with Gasteiger partial charge in [-0.15, -0.1) is 0 Å². The molecule has 0 atom stereocenters. The smallest absolute Gasteiger partial charge is 0.313 e. The van der Waals surface area contributed by atoms with Crippen LogP contribution in [0, 0.1) is 13.8 Å². The first kappa shape index (κ1) is 23.5. The Kier molecular flexibility index (Phi) is 13.5. The Morgan fingerprint density at radius 1 is 0.778 bits per heavy atom. The van der Waals surface area contributed by atoms with Crippen LogP contribution in [-0.2, 0) is 28.5 Å². The molecule has 1 aromatic carbocycles. The van der Waals surface area contributed by atoms with Crippen LogP contribution in [0.3, 0.4) is 0 Å². The maximum atomic E-state index is 11.8. The summed E-state index contributed by atoms with van der Waals surface area (Å²) < 4.78 is 31.6. The predicted molar refractivity (Wildman–Crippen MR) is 101 cm³/mol. The fourth-order valence-corrected chi connectivity index (χ4v) is 2.15. The quantitative estimate of drug-likeness (QED) is 0.246. The van der Waals surface area contributed by atoms with Crippen LogP contribution in [0.25, 0.3) is 0 Å². The fraction of sp³-hybridized carbons (Fsp3) is 0.650. The second-order valence-corrected chi connectivity index (χ2v) is 5.94. The van der Waals surface area contributed by atoms with Crippen molar-refractivity contribution in [2.24, 2.45) is 0 Å². The number of esters is 1. The van der Waals surface area contributed by atoms with Gasteiger partial charge in [-0.3, -0.25) is 4.79 Å². The van der Waals surface area contributed by atoms with Gasteiger partial charge in [0.15, 0.2) is 0 Å². The Morgan fingerprint density at radius 3 is 1.81 bits per heavy atom. The molecule has 7 nitrogen and oxygen atoms in total. The van der Waals surface area contributed by atoms with Crippen LogP contribution in [0.15, 0.2) is 18.2 Å². The topological polar surface area (TPSA) is 72.5 Å². The van der Waals surface area contributed by atoms with E-state index in [1.54, 1.807) is 7.11 Å². The number of methoxy groups -OCH3 is 1. The molecule has 0 aliphatic rings. The molecule has 0 fully saturated rings. The van der Waals surface area contributed by atoms with Crippen LogP contribution < -0.4 is 4.74 Å². The van der Waals surface area contributed by atoms with Gasteiger partial charge in [0, 0.05) is 7.11 Å². The second-order valence-electron chi connectivity index (χ2n) is 5.94. The Morgan fingerprint density at radius 2 is 1.30 bits per heavy atom. The number of benzene rings is 1. The predicted octanol–water partition coefficient (Wildman–Crippen LogP) is 2.31. The maximum Gasteiger partial charge on any atom is 0.313 e. The minimum absolute atomic E-state index is 0.208. The fourth-order valence-electron chi connectivity index (χ4n) is 2.15. The first-order valence-corrected chi connectivity index (χ1v) is 9.21. The van der Waals surface area contributed by atoms with Crippen molar-refractivity contribution in [3.63, 3.8) is 0 Å². The van der Waals surface area contributed by atoms with Crippen molar-refractivity contribution in [1.82, 2.24) is 0 Å². The van der Waals surface area contributed by atoms with Crippen LogP contribution in [0.1, 0.15) is 17.5 Å². The highest BCUT2D eigenvalue weighted by molar-refractivity contribution is 5.72. The van der Waals surface area contributed by atoms with Crippen molar-refractivity contribution in [2.75, 3.05) is 66.6 Å². The molecule has 154 valence electrons. The molecule has 1 rings (SSSR count). The molecule has 0 spiro atoms. The van der Waals surface area contributed by atoms with Crippen LogP contribution in [0.5, 0.6) is 5.75 Å². The van der Waals surface area contributed by atoms with Gasteiger partial charge in [-0.05, 0) is 25.5 Å². The highest BCUT2D eigenvalue weighted by Gasteiger charge is 2.07. The Bertz CT molecular complexity index is 519. The number of hydrogen-bond donors (Lipinski definition) is 0. The summed E-state index contributed by atoms with van der Waals surface area (Å²) in [6.45, 7) is 8.36. The number of ether oxygens (including phenoxy) is 6. The van der Waals surface area contributed by atoms with Gasteiger partial charge in [-0.25, -0.2) is 0 Å². The standard InChI is InChI=1S/C20H32O7/c1-17-4-5-19(18(2)16-17)27-20(21)6-7-23-10-11-25-14-15-26-13-12-24-9-8-22-3/h4-5,16H,6-15H2,1-3H3. The van der Waals surface area contributed by atoms with Gasteiger partial charge in [0.25, 0.3) is 0 Å². The number of rotatable bonds is 16. The minimum atomic E-state index is -0.302. The summed E-state index contributed by atoms with van der Waals surface area (Å²) in [6.07, 6.45) is 0.208. The maximum absolute atomic E-state index is 11.8. The monoisotopic (exact) mass is 384 g/mol. The van der Waals surface area contributed by atoms with Crippen LogP contribution in [0.2, 0.25) is 0 Å². The summed E-state index contributed by atoms with van der Waals surface area (Å²) in [5.41, 5.74) is 2.08. The molecular formula is C20H32O7. The van der Waals surface area contributed by atoms with Gasteiger partial charge in [0.1, 0.15) is 5.75 Å². The molecule has 0 bridgehead atoms. The molecule has 0 amide bonds. The Balaban J connectivity index is 1.89.